The van der Waals surface area contributed by atoms with Crippen LogP contribution in [0.5, 0.6) is 0 Å². The molecule has 0 fully saturated rings. The zero-order valence-electron chi connectivity index (χ0n) is 11.6. The molecule has 0 atom stereocenters. The number of allylic oxidation sites excluding steroid dienone is 2. The Hall–Kier alpha value is -1.71. The van der Waals surface area contributed by atoms with Crippen LogP contribution in [0, 0.1) is 17.8 Å². The van der Waals surface area contributed by atoms with Crippen LogP contribution in [0.4, 0.5) is 0 Å². The van der Waals surface area contributed by atoms with Crippen molar-refractivity contribution in [2.75, 3.05) is 6.54 Å². The molecular weight excluding hydrogens is 222 g/mol. The number of amides is 1. The second kappa shape index (κ2) is 11.8. The summed E-state index contributed by atoms with van der Waals surface area (Å²) in [6.07, 6.45) is 9.87. The highest BCUT2D eigenvalue weighted by molar-refractivity contribution is 5.87. The molecule has 2 heteroatoms. The minimum Gasteiger partial charge on any atom is -0.352 e. The van der Waals surface area contributed by atoms with E-state index in [1.165, 1.54) is 6.08 Å². The van der Waals surface area contributed by atoms with Gasteiger partial charge in [0.25, 0.3) is 5.91 Å². The predicted octanol–water partition coefficient (Wildman–Crippen LogP) is 3.22. The van der Waals surface area contributed by atoms with Crippen molar-refractivity contribution in [3.05, 3.63) is 30.0 Å². The summed E-state index contributed by atoms with van der Waals surface area (Å²) in [5.74, 6) is 6.38. The molecule has 0 rings (SSSR count). The molecule has 0 bridgehead atoms. The van der Waals surface area contributed by atoms with Gasteiger partial charge in [-0.05, 0) is 37.8 Å². The van der Waals surface area contributed by atoms with E-state index in [1.807, 2.05) is 25.2 Å². The maximum Gasteiger partial charge on any atom is 0.251 e. The van der Waals surface area contributed by atoms with Gasteiger partial charge in [-0.3, -0.25) is 4.79 Å². The van der Waals surface area contributed by atoms with Crippen LogP contribution < -0.4 is 5.32 Å². The van der Waals surface area contributed by atoms with E-state index in [1.54, 1.807) is 0 Å². The topological polar surface area (TPSA) is 29.1 Å². The van der Waals surface area contributed by atoms with Gasteiger partial charge in [-0.25, -0.2) is 0 Å². The average Bonchev–Trinajstić information content (AvgIpc) is 2.34. The van der Waals surface area contributed by atoms with Crippen molar-refractivity contribution < 1.29 is 4.79 Å². The second-order valence-electron chi connectivity index (χ2n) is 4.37. The van der Waals surface area contributed by atoms with Crippen molar-refractivity contribution in [3.63, 3.8) is 0 Å². The molecule has 0 saturated carbocycles. The van der Waals surface area contributed by atoms with Crippen LogP contribution in [-0.4, -0.2) is 12.5 Å². The van der Waals surface area contributed by atoms with Crippen LogP contribution >= 0.6 is 0 Å². The molecule has 0 aromatic carbocycles. The zero-order chi connectivity index (χ0) is 13.6. The molecular formula is C16H23NO. The van der Waals surface area contributed by atoms with Gasteiger partial charge in [-0.15, -0.1) is 5.73 Å². The third kappa shape index (κ3) is 12.4. The van der Waals surface area contributed by atoms with Crippen molar-refractivity contribution >= 4 is 5.91 Å². The van der Waals surface area contributed by atoms with Crippen LogP contribution in [0.2, 0.25) is 0 Å². The first-order valence-electron chi connectivity index (χ1n) is 6.45. The van der Waals surface area contributed by atoms with E-state index in [0.29, 0.717) is 12.5 Å². The number of unbranched alkanes of at least 4 members (excludes halogenated alkanes) is 2. The van der Waals surface area contributed by atoms with Gasteiger partial charge >= 0.3 is 0 Å². The highest BCUT2D eigenvalue weighted by Crippen LogP contribution is 1.94. The Kier molecular flexibility index (Phi) is 10.6. The minimum atomic E-state index is -0.0761. The Bertz CT molecular complexity index is 374. The number of carbonyl (C=O) groups excluding carboxylic acids is 1. The number of nitrogens with one attached hydrogen (secondary N) is 1. The normalized spacial score (nSPS) is 9.56. The monoisotopic (exact) mass is 245 g/mol. The summed E-state index contributed by atoms with van der Waals surface area (Å²) >= 11 is 0. The van der Waals surface area contributed by atoms with Gasteiger partial charge in [0.2, 0.25) is 0 Å². The average molecular weight is 245 g/mol. The van der Waals surface area contributed by atoms with E-state index in [4.69, 9.17) is 0 Å². The molecule has 0 aliphatic rings. The first-order chi connectivity index (χ1) is 8.66. The van der Waals surface area contributed by atoms with Gasteiger partial charge in [0.15, 0.2) is 0 Å². The fourth-order valence-corrected chi connectivity index (χ4v) is 1.08. The Morgan fingerprint density at radius 1 is 1.39 bits per heavy atom. The number of carbonyl (C=O) groups is 1. The lowest BCUT2D eigenvalue weighted by molar-refractivity contribution is -0.116. The summed E-state index contributed by atoms with van der Waals surface area (Å²) < 4.78 is 0. The van der Waals surface area contributed by atoms with Gasteiger partial charge in [0.05, 0.1) is 0 Å². The SMILES string of the molecule is CC=CC#CCCCC=C=CC(=O)NCC(C)C. The van der Waals surface area contributed by atoms with Gasteiger partial charge in [0.1, 0.15) is 0 Å². The number of hydrogen-bond acceptors (Lipinski definition) is 1. The van der Waals surface area contributed by atoms with Gasteiger partial charge in [-0.1, -0.05) is 31.8 Å². The standard InChI is InChI=1S/C16H23NO/c1-4-5-6-7-8-9-10-11-12-13-16(18)17-14-15(2)3/h4-5,11,13,15H,8-10,14H2,1-3H3,(H,17,18). The van der Waals surface area contributed by atoms with E-state index in [-0.39, 0.29) is 5.91 Å². The van der Waals surface area contributed by atoms with E-state index in [0.717, 1.165) is 19.3 Å². The minimum absolute atomic E-state index is 0.0761. The van der Waals surface area contributed by atoms with Crippen LogP contribution in [0.1, 0.15) is 40.0 Å². The second-order valence-corrected chi connectivity index (χ2v) is 4.37. The molecule has 1 amide bonds. The Labute approximate surface area is 111 Å². The van der Waals surface area contributed by atoms with Crippen LogP contribution in [-0.2, 0) is 4.79 Å². The molecule has 0 unspecified atom stereocenters. The zero-order valence-corrected chi connectivity index (χ0v) is 11.6. The molecule has 0 saturated heterocycles. The molecule has 1 N–H and O–H groups in total. The van der Waals surface area contributed by atoms with Crippen molar-refractivity contribution in [1.82, 2.24) is 5.32 Å². The van der Waals surface area contributed by atoms with E-state index in [2.05, 4.69) is 36.7 Å². The lowest BCUT2D eigenvalue weighted by Gasteiger charge is -2.03. The fourth-order valence-electron chi connectivity index (χ4n) is 1.08. The summed E-state index contributed by atoms with van der Waals surface area (Å²) in [4.78, 5) is 11.3. The molecule has 0 radical (unpaired) electrons. The molecule has 0 aromatic heterocycles. The summed E-state index contributed by atoms with van der Waals surface area (Å²) in [5, 5.41) is 2.80. The first-order valence-corrected chi connectivity index (χ1v) is 6.45. The number of rotatable bonds is 6. The molecule has 0 aliphatic carbocycles. The number of hydrogen-bond donors (Lipinski definition) is 1. The molecule has 2 nitrogen and oxygen atoms in total. The third-order valence-electron chi connectivity index (χ3n) is 2.02. The maximum absolute atomic E-state index is 11.3. The quantitative estimate of drug-likeness (QED) is 0.331. The Morgan fingerprint density at radius 3 is 2.83 bits per heavy atom. The largest absolute Gasteiger partial charge is 0.352 e. The van der Waals surface area contributed by atoms with Crippen molar-refractivity contribution in [1.29, 1.82) is 0 Å². The van der Waals surface area contributed by atoms with E-state index < -0.39 is 0 Å². The van der Waals surface area contributed by atoms with Crippen molar-refractivity contribution in [3.8, 4) is 11.8 Å². The lowest BCUT2D eigenvalue weighted by Crippen LogP contribution is -2.25. The summed E-state index contributed by atoms with van der Waals surface area (Å²) in [6, 6.07) is 0. The summed E-state index contributed by atoms with van der Waals surface area (Å²) in [6.45, 7) is 6.79. The van der Waals surface area contributed by atoms with E-state index in [9.17, 15) is 4.79 Å². The van der Waals surface area contributed by atoms with Crippen LogP contribution in [0.15, 0.2) is 30.0 Å². The molecule has 18 heavy (non-hydrogen) atoms. The highest BCUT2D eigenvalue weighted by Gasteiger charge is 1.95. The van der Waals surface area contributed by atoms with Gasteiger partial charge < -0.3 is 5.32 Å². The maximum atomic E-state index is 11.3. The van der Waals surface area contributed by atoms with E-state index >= 15 is 0 Å². The van der Waals surface area contributed by atoms with Crippen molar-refractivity contribution in [2.45, 2.75) is 40.0 Å². The highest BCUT2D eigenvalue weighted by atomic mass is 16.1. The van der Waals surface area contributed by atoms with Gasteiger partial charge in [-0.2, -0.15) is 0 Å². The first kappa shape index (κ1) is 16.3. The molecule has 98 valence electrons. The molecule has 0 spiro atoms. The smallest absolute Gasteiger partial charge is 0.251 e. The summed E-state index contributed by atoms with van der Waals surface area (Å²) in [7, 11) is 0. The van der Waals surface area contributed by atoms with Crippen molar-refractivity contribution in [2.24, 2.45) is 5.92 Å². The van der Waals surface area contributed by atoms with Crippen LogP contribution in [0.3, 0.4) is 0 Å². The molecule has 0 heterocycles. The Balaban J connectivity index is 3.69. The lowest BCUT2D eigenvalue weighted by atomic mass is 10.2. The third-order valence-corrected chi connectivity index (χ3v) is 2.02. The fraction of sp³-hybridized carbons (Fsp3) is 0.500. The van der Waals surface area contributed by atoms with Crippen LogP contribution in [0.25, 0.3) is 0 Å². The molecule has 0 aliphatic heterocycles. The Morgan fingerprint density at radius 2 is 2.17 bits per heavy atom. The van der Waals surface area contributed by atoms with Gasteiger partial charge in [0, 0.05) is 19.0 Å². The summed E-state index contributed by atoms with van der Waals surface area (Å²) in [5.41, 5.74) is 2.89. The predicted molar refractivity (Wildman–Crippen MR) is 76.9 cm³/mol. The molecule has 0 aromatic rings.